The zero-order valence-electron chi connectivity index (χ0n) is 10.2. The lowest BCUT2D eigenvalue weighted by Crippen LogP contribution is -2.03. The Balaban J connectivity index is 2.02. The molecule has 18 heavy (non-hydrogen) atoms. The van der Waals surface area contributed by atoms with Crippen molar-refractivity contribution in [1.29, 1.82) is 0 Å². The van der Waals surface area contributed by atoms with Crippen molar-refractivity contribution in [3.05, 3.63) is 54.0 Å². The number of anilines is 1. The lowest BCUT2D eigenvalue weighted by atomic mass is 10.2. The van der Waals surface area contributed by atoms with Crippen LogP contribution in [-0.4, -0.2) is 11.6 Å². The molecule has 0 fully saturated rings. The van der Waals surface area contributed by atoms with Crippen molar-refractivity contribution in [2.75, 3.05) is 11.9 Å². The zero-order chi connectivity index (χ0) is 12.8. The summed E-state index contributed by atoms with van der Waals surface area (Å²) in [6, 6.07) is 10.6. The summed E-state index contributed by atoms with van der Waals surface area (Å²) < 4.78 is 18.7. The summed E-state index contributed by atoms with van der Waals surface area (Å²) in [6.45, 7) is 3.08. The van der Waals surface area contributed by atoms with Gasteiger partial charge >= 0.3 is 0 Å². The lowest BCUT2D eigenvalue weighted by molar-refractivity contribution is 0.340. The van der Waals surface area contributed by atoms with Gasteiger partial charge in [-0.2, -0.15) is 0 Å². The Morgan fingerprint density at radius 2 is 2.17 bits per heavy atom. The summed E-state index contributed by atoms with van der Waals surface area (Å²) >= 11 is 0. The van der Waals surface area contributed by atoms with Gasteiger partial charge in [0.25, 0.3) is 0 Å². The fourth-order valence-electron chi connectivity index (χ4n) is 1.61. The van der Waals surface area contributed by atoms with Crippen LogP contribution in [0.5, 0.6) is 5.75 Å². The minimum Gasteiger partial charge on any atom is -0.494 e. The van der Waals surface area contributed by atoms with E-state index in [2.05, 4.69) is 10.3 Å². The fourth-order valence-corrected chi connectivity index (χ4v) is 1.61. The Bertz CT molecular complexity index is 517. The van der Waals surface area contributed by atoms with E-state index in [4.69, 9.17) is 4.74 Å². The van der Waals surface area contributed by atoms with Gasteiger partial charge in [0.15, 0.2) is 11.6 Å². The molecule has 0 spiro atoms. The molecule has 3 nitrogen and oxygen atoms in total. The predicted molar refractivity (Wildman–Crippen MR) is 69.1 cm³/mol. The maximum Gasteiger partial charge on any atom is 0.165 e. The minimum absolute atomic E-state index is 0.263. The summed E-state index contributed by atoms with van der Waals surface area (Å²) in [4.78, 5) is 3.93. The third-order valence-corrected chi connectivity index (χ3v) is 2.43. The topological polar surface area (TPSA) is 34.1 Å². The number of nitrogens with one attached hydrogen (secondary N) is 1. The van der Waals surface area contributed by atoms with Crippen molar-refractivity contribution in [1.82, 2.24) is 4.98 Å². The molecule has 0 aliphatic carbocycles. The molecule has 0 aliphatic heterocycles. The average Bonchev–Trinajstić information content (AvgIpc) is 2.39. The van der Waals surface area contributed by atoms with E-state index in [-0.39, 0.29) is 11.6 Å². The number of halogens is 1. The molecule has 0 unspecified atom stereocenters. The fraction of sp³-hybridized carbons (Fsp3) is 0.214. The van der Waals surface area contributed by atoms with Crippen molar-refractivity contribution in [3.8, 4) is 5.75 Å². The first-order chi connectivity index (χ1) is 8.79. The van der Waals surface area contributed by atoms with E-state index >= 15 is 0 Å². The number of hydrogen-bond donors (Lipinski definition) is 1. The quantitative estimate of drug-likeness (QED) is 0.879. The number of pyridine rings is 1. The molecule has 1 heterocycles. The van der Waals surface area contributed by atoms with Crippen LogP contribution in [0.1, 0.15) is 12.5 Å². The molecule has 2 aromatic rings. The third kappa shape index (κ3) is 3.20. The van der Waals surface area contributed by atoms with Gasteiger partial charge < -0.3 is 10.1 Å². The first-order valence-electron chi connectivity index (χ1n) is 5.85. The first-order valence-corrected chi connectivity index (χ1v) is 5.85. The second-order valence-electron chi connectivity index (χ2n) is 3.77. The highest BCUT2D eigenvalue weighted by atomic mass is 19.1. The average molecular weight is 246 g/mol. The normalized spacial score (nSPS) is 10.1. The molecule has 0 atom stereocenters. The van der Waals surface area contributed by atoms with Gasteiger partial charge in [-0.1, -0.05) is 12.1 Å². The van der Waals surface area contributed by atoms with Gasteiger partial charge in [0.2, 0.25) is 0 Å². The van der Waals surface area contributed by atoms with Crippen LogP contribution in [0.3, 0.4) is 0 Å². The first kappa shape index (κ1) is 12.4. The van der Waals surface area contributed by atoms with E-state index in [0.29, 0.717) is 13.2 Å². The molecule has 0 saturated carbocycles. The molecule has 0 bridgehead atoms. The van der Waals surface area contributed by atoms with Crippen LogP contribution in [0.25, 0.3) is 0 Å². The van der Waals surface area contributed by atoms with Crippen LogP contribution in [0.2, 0.25) is 0 Å². The highest BCUT2D eigenvalue weighted by Gasteiger charge is 2.02. The van der Waals surface area contributed by atoms with E-state index in [1.807, 2.05) is 31.2 Å². The number of hydrogen-bond acceptors (Lipinski definition) is 3. The van der Waals surface area contributed by atoms with Crippen molar-refractivity contribution in [3.63, 3.8) is 0 Å². The SMILES string of the molecule is CCOc1cccc(CNc2ncccc2F)c1. The van der Waals surface area contributed by atoms with Crippen LogP contribution in [0, 0.1) is 5.82 Å². The molecule has 0 saturated heterocycles. The minimum atomic E-state index is -0.349. The summed E-state index contributed by atoms with van der Waals surface area (Å²) in [7, 11) is 0. The molecule has 1 aromatic heterocycles. The van der Waals surface area contributed by atoms with Crippen molar-refractivity contribution in [2.45, 2.75) is 13.5 Å². The van der Waals surface area contributed by atoms with Crippen molar-refractivity contribution >= 4 is 5.82 Å². The molecule has 0 amide bonds. The lowest BCUT2D eigenvalue weighted by Gasteiger charge is -2.08. The number of ether oxygens (including phenoxy) is 1. The second-order valence-corrected chi connectivity index (χ2v) is 3.77. The van der Waals surface area contributed by atoms with Crippen LogP contribution in [0.4, 0.5) is 10.2 Å². The van der Waals surface area contributed by atoms with Crippen LogP contribution < -0.4 is 10.1 Å². The third-order valence-electron chi connectivity index (χ3n) is 2.43. The van der Waals surface area contributed by atoms with E-state index in [1.54, 1.807) is 12.3 Å². The summed E-state index contributed by atoms with van der Waals surface area (Å²) in [5.41, 5.74) is 1.02. The Morgan fingerprint density at radius 1 is 1.28 bits per heavy atom. The van der Waals surface area contributed by atoms with Crippen molar-refractivity contribution in [2.24, 2.45) is 0 Å². The summed E-state index contributed by atoms with van der Waals surface area (Å²) in [6.07, 6.45) is 1.56. The standard InChI is InChI=1S/C14H15FN2O/c1-2-18-12-6-3-5-11(9-12)10-17-14-13(15)7-4-8-16-14/h3-9H,2,10H2,1H3,(H,16,17). The van der Waals surface area contributed by atoms with Crippen LogP contribution in [0.15, 0.2) is 42.6 Å². The van der Waals surface area contributed by atoms with Gasteiger partial charge in [-0.3, -0.25) is 0 Å². The molecule has 94 valence electrons. The van der Waals surface area contributed by atoms with Gasteiger partial charge in [0.1, 0.15) is 5.75 Å². The monoisotopic (exact) mass is 246 g/mol. The Morgan fingerprint density at radius 3 is 2.94 bits per heavy atom. The summed E-state index contributed by atoms with van der Waals surface area (Å²) in [5, 5.41) is 2.96. The van der Waals surface area contributed by atoms with E-state index in [9.17, 15) is 4.39 Å². The van der Waals surface area contributed by atoms with Crippen molar-refractivity contribution < 1.29 is 9.13 Å². The molecule has 0 aliphatic rings. The van der Waals surface area contributed by atoms with Gasteiger partial charge in [0.05, 0.1) is 6.61 Å². The number of benzene rings is 1. The Kier molecular flexibility index (Phi) is 4.12. The van der Waals surface area contributed by atoms with Gasteiger partial charge in [0, 0.05) is 12.7 Å². The summed E-state index contributed by atoms with van der Waals surface area (Å²) in [5.74, 6) is 0.732. The molecule has 0 radical (unpaired) electrons. The molecule has 1 N–H and O–H groups in total. The van der Waals surface area contributed by atoms with E-state index < -0.39 is 0 Å². The maximum absolute atomic E-state index is 13.3. The maximum atomic E-state index is 13.3. The molecule has 4 heteroatoms. The van der Waals surface area contributed by atoms with Gasteiger partial charge in [-0.25, -0.2) is 9.37 Å². The van der Waals surface area contributed by atoms with Crippen LogP contribution in [-0.2, 0) is 6.54 Å². The van der Waals surface area contributed by atoms with E-state index in [0.717, 1.165) is 11.3 Å². The smallest absolute Gasteiger partial charge is 0.165 e. The zero-order valence-corrected chi connectivity index (χ0v) is 10.2. The van der Waals surface area contributed by atoms with Crippen LogP contribution >= 0.6 is 0 Å². The number of aromatic nitrogens is 1. The number of rotatable bonds is 5. The van der Waals surface area contributed by atoms with E-state index in [1.165, 1.54) is 6.07 Å². The Hall–Kier alpha value is -2.10. The largest absolute Gasteiger partial charge is 0.494 e. The molecular weight excluding hydrogens is 231 g/mol. The highest BCUT2D eigenvalue weighted by Crippen LogP contribution is 2.15. The molecule has 2 rings (SSSR count). The second kappa shape index (κ2) is 6.00. The number of nitrogens with zero attached hydrogens (tertiary/aromatic N) is 1. The molecule has 1 aromatic carbocycles. The predicted octanol–water partition coefficient (Wildman–Crippen LogP) is 3.23. The Labute approximate surface area is 106 Å². The van der Waals surface area contributed by atoms with Gasteiger partial charge in [-0.05, 0) is 36.8 Å². The molecular formula is C14H15FN2O. The highest BCUT2D eigenvalue weighted by molar-refractivity contribution is 5.38. The van der Waals surface area contributed by atoms with Gasteiger partial charge in [-0.15, -0.1) is 0 Å².